The molecule has 41 heavy (non-hydrogen) atoms. The van der Waals surface area contributed by atoms with Gasteiger partial charge in [-0.3, -0.25) is 4.79 Å². The van der Waals surface area contributed by atoms with Gasteiger partial charge in [0.1, 0.15) is 0 Å². The van der Waals surface area contributed by atoms with E-state index in [1.807, 2.05) is 0 Å². The molecule has 2 aliphatic rings. The van der Waals surface area contributed by atoms with Crippen molar-refractivity contribution in [3.05, 3.63) is 24.3 Å². The Kier molecular flexibility index (Phi) is 9.44. The Labute approximate surface area is 225 Å². The Morgan fingerprint density at radius 1 is 0.707 bits per heavy atom. The molecule has 0 radical (unpaired) electrons. The van der Waals surface area contributed by atoms with E-state index in [1.54, 1.807) is 0 Å². The zero-order valence-electron chi connectivity index (χ0n) is 21.8. The van der Waals surface area contributed by atoms with Crippen LogP contribution in [0.1, 0.15) is 34.6 Å². The number of esters is 3. The van der Waals surface area contributed by atoms with Crippen LogP contribution in [0.25, 0.3) is 0 Å². The molecule has 4 unspecified atom stereocenters. The first kappa shape index (κ1) is 36.1. The highest BCUT2D eigenvalue weighted by Crippen LogP contribution is 2.57. The van der Waals surface area contributed by atoms with E-state index in [0.717, 1.165) is 13.8 Å². The first-order valence-corrected chi connectivity index (χ1v) is 10.9. The van der Waals surface area contributed by atoms with Gasteiger partial charge >= 0.3 is 53.7 Å². The molecule has 2 aliphatic heterocycles. The van der Waals surface area contributed by atoms with Crippen LogP contribution in [0.3, 0.4) is 0 Å². The molecule has 0 aromatic heterocycles. The summed E-state index contributed by atoms with van der Waals surface area (Å²) in [4.78, 5) is 33.4. The van der Waals surface area contributed by atoms with Crippen molar-refractivity contribution in [2.45, 2.75) is 81.6 Å². The van der Waals surface area contributed by atoms with Crippen molar-refractivity contribution in [3.63, 3.8) is 0 Å². The summed E-state index contributed by atoms with van der Waals surface area (Å²) in [6, 6.07) is 0. The van der Waals surface area contributed by atoms with Gasteiger partial charge in [0.2, 0.25) is 11.2 Å². The van der Waals surface area contributed by atoms with Gasteiger partial charge in [-0.15, -0.1) is 0 Å². The summed E-state index contributed by atoms with van der Waals surface area (Å²) in [5.74, 6) is -23.3. The lowest BCUT2D eigenvalue weighted by Crippen LogP contribution is -2.65. The molecule has 4 atom stereocenters. The summed E-state index contributed by atoms with van der Waals surface area (Å²) in [6.45, 7) is 7.48. The van der Waals surface area contributed by atoms with Gasteiger partial charge in [0.25, 0.3) is 0 Å². The van der Waals surface area contributed by atoms with E-state index in [2.05, 4.69) is 36.8 Å². The predicted molar refractivity (Wildman–Crippen MR) is 112 cm³/mol. The summed E-state index contributed by atoms with van der Waals surface area (Å²) in [6.07, 6.45) is -11.5. The monoisotopic (exact) mass is 622 g/mol. The van der Waals surface area contributed by atoms with Gasteiger partial charge in [-0.25, -0.2) is 9.59 Å². The van der Waals surface area contributed by atoms with Gasteiger partial charge in [0.05, 0.1) is 13.2 Å². The Balaban J connectivity index is 0.000000414. The molecule has 0 aromatic carbocycles. The van der Waals surface area contributed by atoms with Crippen LogP contribution in [0.15, 0.2) is 24.3 Å². The van der Waals surface area contributed by atoms with Crippen LogP contribution in [0.4, 0.5) is 43.9 Å². The smallest absolute Gasteiger partial charge is 0.447 e. The second kappa shape index (κ2) is 10.7. The molecule has 2 saturated heterocycles. The van der Waals surface area contributed by atoms with E-state index in [0.29, 0.717) is 20.8 Å². The van der Waals surface area contributed by atoms with Crippen LogP contribution in [-0.2, 0) is 38.1 Å². The first-order chi connectivity index (χ1) is 18.0. The van der Waals surface area contributed by atoms with Crippen LogP contribution >= 0.6 is 0 Å². The summed E-state index contributed by atoms with van der Waals surface area (Å²) in [5.41, 5.74) is -6.52. The van der Waals surface area contributed by atoms with Crippen LogP contribution in [0.5, 0.6) is 0 Å². The lowest BCUT2D eigenvalue weighted by atomic mass is 9.94. The fourth-order valence-electron chi connectivity index (χ4n) is 3.19. The van der Waals surface area contributed by atoms with Gasteiger partial charge in [0, 0.05) is 18.1 Å². The normalized spacial score (nSPS) is 32.3. The second-order valence-corrected chi connectivity index (χ2v) is 9.38. The van der Waals surface area contributed by atoms with E-state index in [1.165, 1.54) is 0 Å². The fourth-order valence-corrected chi connectivity index (χ4v) is 3.19. The number of alkyl halides is 10. The molecular formula is C22H24F10O9. The Hall–Kier alpha value is -2.93. The van der Waals surface area contributed by atoms with Gasteiger partial charge < -0.3 is 28.8 Å². The van der Waals surface area contributed by atoms with Gasteiger partial charge in [0.15, 0.2) is 0 Å². The van der Waals surface area contributed by atoms with Crippen LogP contribution in [0, 0.1) is 0 Å². The van der Waals surface area contributed by atoms with Gasteiger partial charge in [-0.05, 0) is 27.7 Å². The van der Waals surface area contributed by atoms with E-state index in [9.17, 15) is 58.3 Å². The highest BCUT2D eigenvalue weighted by Gasteiger charge is 2.86. The molecular weight excluding hydrogens is 598 g/mol. The van der Waals surface area contributed by atoms with Crippen molar-refractivity contribution in [2.24, 2.45) is 0 Å². The molecule has 0 spiro atoms. The summed E-state index contributed by atoms with van der Waals surface area (Å²) in [7, 11) is 0. The van der Waals surface area contributed by atoms with Crippen molar-refractivity contribution in [1.29, 1.82) is 0 Å². The standard InChI is InChI=1S/C12H13F5O5.C10H11F5O4/c1-6(2)8(19)22-9(4)5-20-11(10(9,13)14,12(15,16)17)21-7(3)18;1-5(2)6(16)19-7(3)4-18-9(17,8(7,11)12)10(13,14)15/h1,5H2,2-4H3;17H,1,4H2,2-3H3. The number of ether oxygens (including phenoxy) is 5. The quantitative estimate of drug-likeness (QED) is 0.209. The number of rotatable bonds is 5. The average Bonchev–Trinajstić information content (AvgIpc) is 3.08. The molecule has 0 aromatic rings. The van der Waals surface area contributed by atoms with Crippen LogP contribution in [-0.4, -0.2) is 83.2 Å². The summed E-state index contributed by atoms with van der Waals surface area (Å²) < 4.78 is 153. The molecule has 0 amide bonds. The first-order valence-electron chi connectivity index (χ1n) is 10.9. The van der Waals surface area contributed by atoms with Crippen LogP contribution < -0.4 is 0 Å². The van der Waals surface area contributed by atoms with E-state index in [4.69, 9.17) is 5.11 Å². The minimum Gasteiger partial charge on any atom is -0.447 e. The van der Waals surface area contributed by atoms with Crippen molar-refractivity contribution in [1.82, 2.24) is 0 Å². The topological polar surface area (TPSA) is 118 Å². The third kappa shape index (κ3) is 5.88. The lowest BCUT2D eigenvalue weighted by Gasteiger charge is -2.37. The van der Waals surface area contributed by atoms with Crippen molar-refractivity contribution in [3.8, 4) is 0 Å². The number of hydrogen-bond acceptors (Lipinski definition) is 9. The number of aliphatic hydroxyl groups is 1. The molecule has 1 N–H and O–H groups in total. The molecule has 236 valence electrons. The minimum atomic E-state index is -5.75. The maximum absolute atomic E-state index is 14.4. The Morgan fingerprint density at radius 2 is 1.07 bits per heavy atom. The maximum Gasteiger partial charge on any atom is 0.462 e. The highest BCUT2D eigenvalue weighted by atomic mass is 19.4. The van der Waals surface area contributed by atoms with Gasteiger partial charge in [-0.2, -0.15) is 43.9 Å². The molecule has 0 aliphatic carbocycles. The molecule has 9 nitrogen and oxygen atoms in total. The number of carbonyl (C=O) groups excluding carboxylic acids is 3. The maximum atomic E-state index is 14.4. The lowest BCUT2D eigenvalue weighted by molar-refractivity contribution is -0.409. The molecule has 0 bridgehead atoms. The molecule has 2 fully saturated rings. The SMILES string of the molecule is C=C(C)C(=O)OC1(C)COC(O)(C(F)(F)F)C1(F)F.C=C(C)C(=O)OC1(C)COC(OC(C)=O)(C(F)(F)F)C1(F)F. The van der Waals surface area contributed by atoms with Crippen molar-refractivity contribution >= 4 is 17.9 Å². The number of hydrogen-bond donors (Lipinski definition) is 1. The third-order valence-electron chi connectivity index (χ3n) is 5.65. The molecule has 19 heteroatoms. The van der Waals surface area contributed by atoms with E-state index < -0.39 is 78.1 Å². The number of carbonyl (C=O) groups is 3. The average molecular weight is 622 g/mol. The summed E-state index contributed by atoms with van der Waals surface area (Å²) in [5, 5.41) is 9.03. The largest absolute Gasteiger partial charge is 0.462 e. The number of halogens is 10. The fraction of sp³-hybridized carbons (Fsp3) is 0.682. The summed E-state index contributed by atoms with van der Waals surface area (Å²) >= 11 is 0. The minimum absolute atomic E-state index is 0.278. The van der Waals surface area contributed by atoms with E-state index >= 15 is 0 Å². The Bertz CT molecular complexity index is 1100. The van der Waals surface area contributed by atoms with Gasteiger partial charge in [-0.1, -0.05) is 13.2 Å². The highest BCUT2D eigenvalue weighted by molar-refractivity contribution is 5.87. The van der Waals surface area contributed by atoms with Crippen molar-refractivity contribution in [2.75, 3.05) is 13.2 Å². The molecule has 2 rings (SSSR count). The predicted octanol–water partition coefficient (Wildman–Crippen LogP) is 4.13. The van der Waals surface area contributed by atoms with Crippen LogP contribution in [0.2, 0.25) is 0 Å². The zero-order valence-corrected chi connectivity index (χ0v) is 21.8. The third-order valence-corrected chi connectivity index (χ3v) is 5.65. The zero-order chi connectivity index (χ0) is 32.8. The molecule has 2 heterocycles. The van der Waals surface area contributed by atoms with Crippen molar-refractivity contribution < 1.29 is 87.1 Å². The van der Waals surface area contributed by atoms with E-state index in [-0.39, 0.29) is 11.1 Å². The second-order valence-electron chi connectivity index (χ2n) is 9.38. The Morgan fingerprint density at radius 3 is 1.37 bits per heavy atom. The molecule has 0 saturated carbocycles.